The molecule has 148 valence electrons. The molecule has 0 atom stereocenters. The highest BCUT2D eigenvalue weighted by Crippen LogP contribution is 2.25. The maximum absolute atomic E-state index is 12.5. The summed E-state index contributed by atoms with van der Waals surface area (Å²) in [5, 5.41) is 4.60. The molecule has 5 nitrogen and oxygen atoms in total. The molecule has 0 aliphatic heterocycles. The Morgan fingerprint density at radius 1 is 0.909 bits per heavy atom. The van der Waals surface area contributed by atoms with Crippen LogP contribution in [0.4, 0.5) is 5.82 Å². The Morgan fingerprint density at radius 2 is 1.58 bits per heavy atom. The third-order valence-electron chi connectivity index (χ3n) is 5.63. The van der Waals surface area contributed by atoms with Crippen LogP contribution in [0, 0.1) is 6.92 Å². The number of pyridine rings is 1. The fourth-order valence-electron chi connectivity index (χ4n) is 3.52. The monoisotopic (exact) mass is 418 g/mol. The van der Waals surface area contributed by atoms with Crippen LogP contribution < -0.4 is 32.6 Å². The molecule has 0 aliphatic carbocycles. The van der Waals surface area contributed by atoms with Gasteiger partial charge in [0.2, 0.25) is 5.91 Å². The van der Waals surface area contributed by atoms with E-state index in [0.29, 0.717) is 11.4 Å². The summed E-state index contributed by atoms with van der Waals surface area (Å²) in [6.07, 6.45) is 6.25. The van der Waals surface area contributed by atoms with Crippen LogP contribution in [0.1, 0.15) is 11.4 Å². The molecule has 0 bridgehead atoms. The largest absolute Gasteiger partial charge is 0.331 e. The van der Waals surface area contributed by atoms with Crippen molar-refractivity contribution in [2.24, 2.45) is 7.05 Å². The molecule has 2 aromatic heterocycles. The zero-order chi connectivity index (χ0) is 23.9. The molecule has 0 aliphatic rings. The first-order chi connectivity index (χ1) is 15.7. The van der Waals surface area contributed by atoms with Crippen molar-refractivity contribution >= 4 is 95.1 Å². The van der Waals surface area contributed by atoms with Crippen molar-refractivity contribution in [3.05, 3.63) is 54.1 Å². The van der Waals surface area contributed by atoms with Gasteiger partial charge in [0.15, 0.2) is 0 Å². The molecule has 2 aromatic carbocycles. The van der Waals surface area contributed by atoms with Crippen LogP contribution in [0.3, 0.4) is 0 Å². The van der Waals surface area contributed by atoms with Gasteiger partial charge < -0.3 is 9.88 Å². The van der Waals surface area contributed by atoms with Crippen molar-refractivity contribution in [2.45, 2.75) is 6.92 Å². The first-order valence-corrected chi connectivity index (χ1v) is 10.1. The lowest BCUT2D eigenvalue weighted by molar-refractivity contribution is -0.111. The van der Waals surface area contributed by atoms with E-state index in [4.69, 9.17) is 39.2 Å². The molecule has 33 heavy (non-hydrogen) atoms. The van der Waals surface area contributed by atoms with Crippen molar-refractivity contribution in [1.29, 1.82) is 0 Å². The van der Waals surface area contributed by atoms with E-state index in [1.807, 2.05) is 42.9 Å². The molecule has 10 heteroatoms. The zero-order valence-corrected chi connectivity index (χ0v) is 18.3. The summed E-state index contributed by atoms with van der Waals surface area (Å²) in [5.74, 6) is 0.895. The molecule has 2 heterocycles. The van der Waals surface area contributed by atoms with E-state index < -0.39 is 5.91 Å². The highest BCUT2D eigenvalue weighted by molar-refractivity contribution is 6.67. The van der Waals surface area contributed by atoms with E-state index in [9.17, 15) is 4.79 Å². The molecule has 4 rings (SSSR count). The number of imidazole rings is 1. The molecule has 0 saturated carbocycles. The summed E-state index contributed by atoms with van der Waals surface area (Å²) in [4.78, 5) is 21.2. The van der Waals surface area contributed by atoms with Crippen LogP contribution in [0.2, 0.25) is 0 Å². The number of hydrogen-bond donors (Lipinski definition) is 1. The first-order valence-electron chi connectivity index (χ1n) is 10.1. The third kappa shape index (κ3) is 4.30. The zero-order valence-electron chi connectivity index (χ0n) is 18.3. The Bertz CT molecular complexity index is 1420. The van der Waals surface area contributed by atoms with E-state index in [1.54, 1.807) is 12.3 Å². The number of aromatic nitrogens is 3. The number of hydrogen-bond acceptors (Lipinski definition) is 3. The van der Waals surface area contributed by atoms with Crippen molar-refractivity contribution in [2.75, 3.05) is 5.32 Å². The van der Waals surface area contributed by atoms with Gasteiger partial charge in [-0.05, 0) is 30.0 Å². The highest BCUT2D eigenvalue weighted by Gasteiger charge is 2.10. The Hall–Kier alpha value is -3.41. The number of amides is 1. The van der Waals surface area contributed by atoms with Crippen molar-refractivity contribution in [3.63, 3.8) is 0 Å². The second-order valence-electron chi connectivity index (χ2n) is 7.69. The molecule has 10 radical (unpaired) electrons. The van der Waals surface area contributed by atoms with Crippen molar-refractivity contribution < 1.29 is 4.79 Å². The minimum Gasteiger partial charge on any atom is -0.331 e. The number of rotatable bonds is 4. The molecule has 0 spiro atoms. The second-order valence-corrected chi connectivity index (χ2v) is 7.69. The quantitative estimate of drug-likeness (QED) is 0.327. The first kappa shape index (κ1) is 22.8. The molecule has 0 unspecified atom stereocenters. The number of aryl methyl sites for hydroxylation is 1. The summed E-state index contributed by atoms with van der Waals surface area (Å²) in [6.45, 7) is 1.95. The number of nitrogens with zero attached hydrogens (tertiary/aromatic N) is 3. The van der Waals surface area contributed by atoms with Gasteiger partial charge in [0.05, 0.1) is 11.9 Å². The van der Waals surface area contributed by atoms with Gasteiger partial charge in [-0.2, -0.15) is 0 Å². The van der Waals surface area contributed by atoms with Crippen LogP contribution >= 0.6 is 0 Å². The fourth-order valence-corrected chi connectivity index (χ4v) is 3.52. The number of anilines is 1. The van der Waals surface area contributed by atoms with Gasteiger partial charge in [-0.1, -0.05) is 29.1 Å². The topological polar surface area (TPSA) is 59.8 Å². The predicted octanol–water partition coefficient (Wildman–Crippen LogP) is -1.44. The number of fused-ring (bicyclic) bond motifs is 1. The average molecular weight is 417 g/mol. The van der Waals surface area contributed by atoms with Crippen LogP contribution in [-0.2, 0) is 11.8 Å². The second kappa shape index (κ2) is 8.85. The Kier molecular flexibility index (Phi) is 6.11. The molecular weight excluding hydrogens is 402 g/mol. The SMILES string of the molecule is [B]c1c([B])c([B])c(/C=C/C(=O)Nc2cc3cc(-c4cnc(C)n4C)ccc3cn2)c([B])c1[B]. The van der Waals surface area contributed by atoms with Gasteiger partial charge in [-0.3, -0.25) is 4.79 Å². The summed E-state index contributed by atoms with van der Waals surface area (Å²) >= 11 is 0. The Labute approximate surface area is 199 Å². The maximum atomic E-state index is 12.5. The van der Waals surface area contributed by atoms with Crippen LogP contribution in [-0.4, -0.2) is 59.7 Å². The summed E-state index contributed by atoms with van der Waals surface area (Å²) < 4.78 is 2.02. The number of nitrogens with one attached hydrogen (secondary N) is 1. The van der Waals surface area contributed by atoms with Gasteiger partial charge in [0, 0.05) is 30.3 Å². The maximum Gasteiger partial charge on any atom is 0.249 e. The highest BCUT2D eigenvalue weighted by atomic mass is 16.1. The van der Waals surface area contributed by atoms with Gasteiger partial charge >= 0.3 is 0 Å². The minimum absolute atomic E-state index is 0.118. The van der Waals surface area contributed by atoms with E-state index >= 15 is 0 Å². The van der Waals surface area contributed by atoms with Gasteiger partial charge in [0.1, 0.15) is 50.9 Å². The number of carbonyl (C=O) groups excluding carboxylic acids is 1. The molecule has 4 aromatic rings. The van der Waals surface area contributed by atoms with E-state index in [2.05, 4.69) is 15.3 Å². The fraction of sp³-hybridized carbons (Fsp3) is 0.0870. The van der Waals surface area contributed by atoms with Crippen LogP contribution in [0.5, 0.6) is 0 Å². The van der Waals surface area contributed by atoms with E-state index in [0.717, 1.165) is 27.9 Å². The lowest BCUT2D eigenvalue weighted by atomic mass is 9.60. The summed E-state index contributed by atoms with van der Waals surface area (Å²) in [6, 6.07) is 7.82. The Morgan fingerprint density at radius 3 is 2.21 bits per heavy atom. The molecule has 1 N–H and O–H groups in total. The van der Waals surface area contributed by atoms with Gasteiger partial charge in [-0.15, -0.1) is 16.4 Å². The predicted molar refractivity (Wildman–Crippen MR) is 140 cm³/mol. The van der Waals surface area contributed by atoms with Crippen molar-refractivity contribution in [3.8, 4) is 11.3 Å². The molecule has 0 fully saturated rings. The van der Waals surface area contributed by atoms with E-state index in [1.165, 1.54) is 12.2 Å². The lowest BCUT2D eigenvalue weighted by Gasteiger charge is -2.18. The van der Waals surface area contributed by atoms with Crippen LogP contribution in [0.15, 0.2) is 42.7 Å². The number of carbonyl (C=O) groups is 1. The molecule has 1 amide bonds. The van der Waals surface area contributed by atoms with Crippen molar-refractivity contribution in [1.82, 2.24) is 14.5 Å². The number of benzene rings is 2. The van der Waals surface area contributed by atoms with E-state index in [-0.39, 0.29) is 27.3 Å². The normalized spacial score (nSPS) is 11.3. The standard InChI is InChI=1S/C23H15B5N4O/c1-11-29-10-16(32(11)2)12-3-4-13-9-30-17(8-14(13)7-12)31-18(33)6-5-15-19(24)21(26)23(28)22(27)20(15)25/h3-10H,1-2H3,(H,30,31,33)/b6-5+. The van der Waals surface area contributed by atoms with Crippen LogP contribution in [0.25, 0.3) is 28.1 Å². The molecular formula is C23H15B5N4O. The third-order valence-corrected chi connectivity index (χ3v) is 5.63. The van der Waals surface area contributed by atoms with Gasteiger partial charge in [-0.25, -0.2) is 9.97 Å². The summed E-state index contributed by atoms with van der Waals surface area (Å²) in [5.41, 5.74) is 3.02. The van der Waals surface area contributed by atoms with Gasteiger partial charge in [0.25, 0.3) is 0 Å². The Balaban J connectivity index is 1.59. The minimum atomic E-state index is -0.423. The smallest absolute Gasteiger partial charge is 0.249 e. The lowest BCUT2D eigenvalue weighted by Crippen LogP contribution is -2.55. The summed E-state index contributed by atoms with van der Waals surface area (Å²) in [7, 11) is 31.5. The average Bonchev–Trinajstić information content (AvgIpc) is 3.14. The molecule has 0 saturated heterocycles.